The fourth-order valence-electron chi connectivity index (χ4n) is 3.20. The van der Waals surface area contributed by atoms with E-state index in [2.05, 4.69) is 0 Å². The summed E-state index contributed by atoms with van der Waals surface area (Å²) in [6, 6.07) is 4.94. The molecule has 0 bridgehead atoms. The molecule has 2 rings (SSSR count). The summed E-state index contributed by atoms with van der Waals surface area (Å²) in [7, 11) is 1.41. The van der Waals surface area contributed by atoms with E-state index in [-0.39, 0.29) is 16.9 Å². The van der Waals surface area contributed by atoms with Crippen LogP contribution in [0.15, 0.2) is 18.2 Å². The van der Waals surface area contributed by atoms with Crippen molar-refractivity contribution in [3.8, 4) is 5.75 Å². The summed E-state index contributed by atoms with van der Waals surface area (Å²) >= 11 is 0. The van der Waals surface area contributed by atoms with Crippen molar-refractivity contribution < 1.29 is 14.8 Å². The van der Waals surface area contributed by atoms with Gasteiger partial charge in [0.05, 0.1) is 18.1 Å². The molecule has 1 aromatic carbocycles. The molecule has 21 heavy (non-hydrogen) atoms. The minimum atomic E-state index is -0.450. The predicted octanol–water partition coefficient (Wildman–Crippen LogP) is 2.03. The lowest BCUT2D eigenvalue weighted by atomic mass is 9.68. The van der Waals surface area contributed by atoms with Crippen molar-refractivity contribution in [1.29, 1.82) is 0 Å². The molecule has 0 radical (unpaired) electrons. The molecule has 1 saturated carbocycles. The van der Waals surface area contributed by atoms with Crippen molar-refractivity contribution in [2.24, 2.45) is 11.1 Å². The normalized spacial score (nSPS) is 25.6. The van der Waals surface area contributed by atoms with Crippen LogP contribution < -0.4 is 10.5 Å². The van der Waals surface area contributed by atoms with E-state index < -0.39 is 11.0 Å². The molecule has 3 N–H and O–H groups in total. The highest BCUT2D eigenvalue weighted by molar-refractivity contribution is 5.48. The summed E-state index contributed by atoms with van der Waals surface area (Å²) < 4.78 is 5.01. The zero-order valence-electron chi connectivity index (χ0n) is 12.2. The van der Waals surface area contributed by atoms with Gasteiger partial charge in [-0.1, -0.05) is 18.9 Å². The molecular weight excluding hydrogens is 272 g/mol. The van der Waals surface area contributed by atoms with Crippen molar-refractivity contribution >= 4 is 5.69 Å². The Labute approximate surface area is 124 Å². The van der Waals surface area contributed by atoms with E-state index in [1.54, 1.807) is 6.07 Å². The third-order valence-electron chi connectivity index (χ3n) is 4.51. The molecule has 0 saturated heterocycles. The van der Waals surface area contributed by atoms with Gasteiger partial charge in [0.15, 0.2) is 5.75 Å². The van der Waals surface area contributed by atoms with E-state index in [4.69, 9.17) is 10.5 Å². The first-order chi connectivity index (χ1) is 10.0. The smallest absolute Gasteiger partial charge is 0.311 e. The number of aliphatic hydroxyl groups excluding tert-OH is 1. The average molecular weight is 294 g/mol. The van der Waals surface area contributed by atoms with Gasteiger partial charge in [-0.2, -0.15) is 0 Å². The number of nitrogens with two attached hydrogens (primary N) is 1. The van der Waals surface area contributed by atoms with Gasteiger partial charge < -0.3 is 15.6 Å². The summed E-state index contributed by atoms with van der Waals surface area (Å²) in [6.45, 7) is 0.383. The molecule has 0 aliphatic heterocycles. The highest BCUT2D eigenvalue weighted by Gasteiger charge is 2.39. The number of nitro groups is 1. The van der Waals surface area contributed by atoms with Crippen molar-refractivity contribution in [3.05, 3.63) is 33.9 Å². The van der Waals surface area contributed by atoms with Crippen LogP contribution in [0.25, 0.3) is 0 Å². The van der Waals surface area contributed by atoms with Crippen LogP contribution in [-0.4, -0.2) is 29.8 Å². The average Bonchev–Trinajstić information content (AvgIpc) is 2.49. The topological polar surface area (TPSA) is 98.6 Å². The van der Waals surface area contributed by atoms with Gasteiger partial charge in [-0.15, -0.1) is 0 Å². The molecule has 6 heteroatoms. The van der Waals surface area contributed by atoms with Crippen LogP contribution in [0, 0.1) is 15.5 Å². The molecule has 0 aromatic heterocycles. The van der Waals surface area contributed by atoms with Gasteiger partial charge in [0.2, 0.25) is 0 Å². The highest BCUT2D eigenvalue weighted by Crippen LogP contribution is 2.40. The van der Waals surface area contributed by atoms with Gasteiger partial charge in [-0.3, -0.25) is 10.1 Å². The van der Waals surface area contributed by atoms with Crippen LogP contribution in [0.2, 0.25) is 0 Å². The Bertz CT molecular complexity index is 520. The van der Waals surface area contributed by atoms with Crippen LogP contribution in [0.4, 0.5) is 5.69 Å². The Balaban J connectivity index is 2.29. The first-order valence-electron chi connectivity index (χ1n) is 7.22. The number of aliphatic hydroxyl groups is 1. The summed E-state index contributed by atoms with van der Waals surface area (Å²) in [5, 5.41) is 21.4. The van der Waals surface area contributed by atoms with Crippen LogP contribution >= 0.6 is 0 Å². The summed E-state index contributed by atoms with van der Waals surface area (Å²) in [5.41, 5.74) is 6.30. The number of rotatable bonds is 5. The van der Waals surface area contributed by atoms with Crippen molar-refractivity contribution in [3.63, 3.8) is 0 Å². The number of nitrogens with zero attached hydrogens (tertiary/aromatic N) is 1. The van der Waals surface area contributed by atoms with Crippen molar-refractivity contribution in [2.75, 3.05) is 13.7 Å². The van der Waals surface area contributed by atoms with E-state index in [9.17, 15) is 15.2 Å². The van der Waals surface area contributed by atoms with Crippen LogP contribution in [0.3, 0.4) is 0 Å². The largest absolute Gasteiger partial charge is 0.490 e. The second kappa shape index (κ2) is 6.41. The number of hydrogen-bond acceptors (Lipinski definition) is 5. The second-order valence-corrected chi connectivity index (χ2v) is 5.77. The lowest BCUT2D eigenvalue weighted by molar-refractivity contribution is -0.385. The van der Waals surface area contributed by atoms with Gasteiger partial charge in [0.25, 0.3) is 0 Å². The van der Waals surface area contributed by atoms with Crippen molar-refractivity contribution in [1.82, 2.24) is 0 Å². The Morgan fingerprint density at radius 3 is 2.86 bits per heavy atom. The first-order valence-corrected chi connectivity index (χ1v) is 7.22. The molecule has 2 atom stereocenters. The van der Waals surface area contributed by atoms with Gasteiger partial charge in [-0.25, -0.2) is 0 Å². The van der Waals surface area contributed by atoms with E-state index in [1.165, 1.54) is 13.2 Å². The number of benzene rings is 1. The maximum atomic E-state index is 11.1. The number of nitro benzene ring substituents is 1. The SMILES string of the molecule is COc1ccc(CC2(CN)CCCCC2O)cc1[N+](=O)[O-]. The number of ether oxygens (including phenoxy) is 1. The molecule has 0 amide bonds. The van der Waals surface area contributed by atoms with E-state index in [0.717, 1.165) is 31.2 Å². The van der Waals surface area contributed by atoms with Gasteiger partial charge in [-0.05, 0) is 30.9 Å². The standard InChI is InChI=1S/C15H22N2O4/c1-21-13-6-5-11(8-12(13)17(19)20)9-15(10-16)7-3-2-4-14(15)18/h5-6,8,14,18H,2-4,7,9-10,16H2,1H3. The monoisotopic (exact) mass is 294 g/mol. The molecule has 1 aromatic rings. The predicted molar refractivity (Wildman–Crippen MR) is 79.3 cm³/mol. The maximum Gasteiger partial charge on any atom is 0.311 e. The Morgan fingerprint density at radius 1 is 1.52 bits per heavy atom. The minimum Gasteiger partial charge on any atom is -0.490 e. The summed E-state index contributed by atoms with van der Waals surface area (Å²) in [5.74, 6) is 0.245. The molecule has 0 heterocycles. The Morgan fingerprint density at radius 2 is 2.29 bits per heavy atom. The highest BCUT2D eigenvalue weighted by atomic mass is 16.6. The molecule has 6 nitrogen and oxygen atoms in total. The van der Waals surface area contributed by atoms with E-state index in [1.807, 2.05) is 6.07 Å². The van der Waals surface area contributed by atoms with Gasteiger partial charge in [0.1, 0.15) is 0 Å². The molecular formula is C15H22N2O4. The lowest BCUT2D eigenvalue weighted by Crippen LogP contribution is -2.45. The van der Waals surface area contributed by atoms with E-state index in [0.29, 0.717) is 13.0 Å². The molecule has 1 aliphatic rings. The van der Waals surface area contributed by atoms with Gasteiger partial charge >= 0.3 is 5.69 Å². The first kappa shape index (κ1) is 15.7. The van der Waals surface area contributed by atoms with Gasteiger partial charge in [0, 0.05) is 18.0 Å². The fraction of sp³-hybridized carbons (Fsp3) is 0.600. The molecule has 0 spiro atoms. The van der Waals surface area contributed by atoms with E-state index >= 15 is 0 Å². The van der Waals surface area contributed by atoms with Crippen LogP contribution in [0.1, 0.15) is 31.2 Å². The molecule has 116 valence electrons. The van der Waals surface area contributed by atoms with Crippen LogP contribution in [-0.2, 0) is 6.42 Å². The zero-order valence-corrected chi connectivity index (χ0v) is 12.2. The maximum absolute atomic E-state index is 11.1. The lowest BCUT2D eigenvalue weighted by Gasteiger charge is -2.41. The number of methoxy groups -OCH3 is 1. The summed E-state index contributed by atoms with van der Waals surface area (Å²) in [6.07, 6.45) is 3.74. The molecule has 2 unspecified atom stereocenters. The number of hydrogen-bond donors (Lipinski definition) is 2. The third kappa shape index (κ3) is 3.16. The quantitative estimate of drug-likeness (QED) is 0.639. The minimum absolute atomic E-state index is 0.0486. The second-order valence-electron chi connectivity index (χ2n) is 5.77. The Kier molecular flexibility index (Phi) is 4.80. The Hall–Kier alpha value is -1.66. The summed E-state index contributed by atoms with van der Waals surface area (Å²) in [4.78, 5) is 10.6. The molecule has 1 fully saturated rings. The third-order valence-corrected chi connectivity index (χ3v) is 4.51. The van der Waals surface area contributed by atoms with Crippen molar-refractivity contribution in [2.45, 2.75) is 38.2 Å². The zero-order chi connectivity index (χ0) is 15.5. The molecule has 1 aliphatic carbocycles. The fourth-order valence-corrected chi connectivity index (χ4v) is 3.20. The van der Waals surface area contributed by atoms with Crippen LogP contribution in [0.5, 0.6) is 5.75 Å².